The molecule has 1 N–H and O–H groups in total. The molecule has 0 unspecified atom stereocenters. The first-order valence-corrected chi connectivity index (χ1v) is 8.47. The molecule has 1 aromatic heterocycles. The molecule has 0 aliphatic rings. The summed E-state index contributed by atoms with van der Waals surface area (Å²) in [5.41, 5.74) is 4.27. The summed E-state index contributed by atoms with van der Waals surface area (Å²) in [7, 11) is 0. The van der Waals surface area contributed by atoms with Crippen LogP contribution in [0.4, 0.5) is 0 Å². The minimum atomic E-state index is 0.0342. The van der Waals surface area contributed by atoms with E-state index in [1.165, 1.54) is 0 Å². The van der Waals surface area contributed by atoms with Crippen LogP contribution in [0.15, 0.2) is 36.4 Å². The van der Waals surface area contributed by atoms with Gasteiger partial charge in [0.1, 0.15) is 5.82 Å². The molecule has 0 saturated carbocycles. The average Bonchev–Trinajstić information content (AvgIpc) is 2.98. The Labute approximate surface area is 146 Å². The summed E-state index contributed by atoms with van der Waals surface area (Å²) in [5.74, 6) is 0.757. The summed E-state index contributed by atoms with van der Waals surface area (Å²) >= 11 is 6.33. The Balaban J connectivity index is 2.05. The number of fused-ring (bicyclic) bond motifs is 1. The second kappa shape index (κ2) is 6.65. The van der Waals surface area contributed by atoms with E-state index in [0.717, 1.165) is 28.0 Å². The lowest BCUT2D eigenvalue weighted by Crippen LogP contribution is -2.30. The number of imidazole rings is 1. The Morgan fingerprint density at radius 3 is 2.62 bits per heavy atom. The number of hydrogen-bond acceptors (Lipinski definition) is 2. The molecule has 0 spiro atoms. The van der Waals surface area contributed by atoms with E-state index in [1.54, 1.807) is 4.90 Å². The van der Waals surface area contributed by atoms with E-state index < -0.39 is 0 Å². The maximum Gasteiger partial charge on any atom is 0.253 e. The number of benzene rings is 2. The fraction of sp³-hybridized carbons (Fsp3) is 0.263. The van der Waals surface area contributed by atoms with E-state index in [2.05, 4.69) is 9.97 Å². The molecule has 4 nitrogen and oxygen atoms in total. The van der Waals surface area contributed by atoms with Crippen LogP contribution in [0.2, 0.25) is 5.02 Å². The van der Waals surface area contributed by atoms with E-state index in [4.69, 9.17) is 11.6 Å². The van der Waals surface area contributed by atoms with Crippen molar-refractivity contribution in [2.75, 3.05) is 13.1 Å². The topological polar surface area (TPSA) is 49.0 Å². The van der Waals surface area contributed by atoms with E-state index in [-0.39, 0.29) is 5.91 Å². The van der Waals surface area contributed by atoms with Crippen molar-refractivity contribution in [2.24, 2.45) is 0 Å². The minimum absolute atomic E-state index is 0.0342. The van der Waals surface area contributed by atoms with Gasteiger partial charge in [0, 0.05) is 24.2 Å². The summed E-state index contributed by atoms with van der Waals surface area (Å²) in [4.78, 5) is 22.2. The van der Waals surface area contributed by atoms with Crippen LogP contribution in [0.5, 0.6) is 0 Å². The predicted octanol–water partition coefficient (Wildman–Crippen LogP) is 4.67. The molecule has 0 aliphatic heterocycles. The first kappa shape index (κ1) is 16.5. The first-order valence-electron chi connectivity index (χ1n) is 8.09. The van der Waals surface area contributed by atoms with Crippen molar-refractivity contribution in [3.63, 3.8) is 0 Å². The van der Waals surface area contributed by atoms with Gasteiger partial charge in [-0.05, 0) is 50.6 Å². The van der Waals surface area contributed by atoms with Gasteiger partial charge < -0.3 is 9.88 Å². The molecule has 5 heteroatoms. The highest BCUT2D eigenvalue weighted by Crippen LogP contribution is 2.30. The van der Waals surface area contributed by atoms with Crippen molar-refractivity contribution in [3.8, 4) is 11.4 Å². The van der Waals surface area contributed by atoms with E-state index in [1.807, 2.05) is 57.2 Å². The van der Waals surface area contributed by atoms with Gasteiger partial charge in [-0.2, -0.15) is 0 Å². The smallest absolute Gasteiger partial charge is 0.253 e. The third-order valence-corrected chi connectivity index (χ3v) is 4.55. The zero-order chi connectivity index (χ0) is 17.3. The number of hydrogen-bond donors (Lipinski definition) is 1. The van der Waals surface area contributed by atoms with E-state index in [9.17, 15) is 4.79 Å². The van der Waals surface area contributed by atoms with Crippen LogP contribution < -0.4 is 0 Å². The number of aryl methyl sites for hydroxylation is 1. The third kappa shape index (κ3) is 2.89. The number of amides is 1. The lowest BCUT2D eigenvalue weighted by molar-refractivity contribution is 0.0773. The highest BCUT2D eigenvalue weighted by Gasteiger charge is 2.15. The molecule has 0 fully saturated rings. The van der Waals surface area contributed by atoms with Gasteiger partial charge in [0.25, 0.3) is 5.91 Å². The summed E-state index contributed by atoms with van der Waals surface area (Å²) < 4.78 is 0. The Morgan fingerprint density at radius 1 is 1.21 bits per heavy atom. The molecule has 3 aromatic rings. The highest BCUT2D eigenvalue weighted by atomic mass is 35.5. The second-order valence-corrected chi connectivity index (χ2v) is 6.13. The fourth-order valence-electron chi connectivity index (χ4n) is 2.89. The molecule has 3 rings (SSSR count). The quantitative estimate of drug-likeness (QED) is 0.749. The van der Waals surface area contributed by atoms with Gasteiger partial charge in [-0.15, -0.1) is 0 Å². The molecule has 0 bridgehead atoms. The zero-order valence-corrected chi connectivity index (χ0v) is 14.8. The molecule has 24 heavy (non-hydrogen) atoms. The van der Waals surface area contributed by atoms with Crippen molar-refractivity contribution < 1.29 is 4.79 Å². The Kier molecular flexibility index (Phi) is 4.58. The molecule has 0 atom stereocenters. The molecular formula is C19H20ClN3O. The molecule has 0 radical (unpaired) electrons. The van der Waals surface area contributed by atoms with Crippen LogP contribution in [-0.4, -0.2) is 33.9 Å². The molecule has 124 valence electrons. The standard InChI is InChI=1S/C19H20ClN3O/c1-4-23(5-2)19(24)13-9-10-15-16(11-13)22-18(21-15)17-12(3)7-6-8-14(17)20/h6-11H,4-5H2,1-3H3,(H,21,22). The predicted molar refractivity (Wildman–Crippen MR) is 98.5 cm³/mol. The maximum atomic E-state index is 12.5. The number of nitrogens with zero attached hydrogens (tertiary/aromatic N) is 2. The number of nitrogens with one attached hydrogen (secondary N) is 1. The van der Waals surface area contributed by atoms with Gasteiger partial charge >= 0.3 is 0 Å². The SMILES string of the molecule is CCN(CC)C(=O)c1ccc2nc(-c3c(C)cccc3Cl)[nH]c2c1. The van der Waals surface area contributed by atoms with Crippen LogP contribution in [0.3, 0.4) is 0 Å². The lowest BCUT2D eigenvalue weighted by Gasteiger charge is -2.18. The number of aromatic amines is 1. The molecular weight excluding hydrogens is 322 g/mol. The van der Waals surface area contributed by atoms with E-state index in [0.29, 0.717) is 23.7 Å². The van der Waals surface area contributed by atoms with Crippen LogP contribution in [0.25, 0.3) is 22.4 Å². The number of rotatable bonds is 4. The highest BCUT2D eigenvalue weighted by molar-refractivity contribution is 6.33. The summed E-state index contributed by atoms with van der Waals surface area (Å²) in [6.07, 6.45) is 0. The van der Waals surface area contributed by atoms with Crippen molar-refractivity contribution >= 4 is 28.5 Å². The van der Waals surface area contributed by atoms with Gasteiger partial charge in [-0.1, -0.05) is 23.7 Å². The molecule has 1 amide bonds. The zero-order valence-electron chi connectivity index (χ0n) is 14.1. The van der Waals surface area contributed by atoms with Gasteiger partial charge in [0.2, 0.25) is 0 Å². The summed E-state index contributed by atoms with van der Waals surface area (Å²) in [6, 6.07) is 11.3. The number of halogens is 1. The second-order valence-electron chi connectivity index (χ2n) is 5.73. The molecule has 0 saturated heterocycles. The minimum Gasteiger partial charge on any atom is -0.339 e. The molecule has 1 heterocycles. The first-order chi connectivity index (χ1) is 11.5. The lowest BCUT2D eigenvalue weighted by atomic mass is 10.1. The fourth-order valence-corrected chi connectivity index (χ4v) is 3.20. The Bertz CT molecular complexity index is 877. The maximum absolute atomic E-state index is 12.5. The molecule has 0 aliphatic carbocycles. The Hall–Kier alpha value is -2.33. The monoisotopic (exact) mass is 341 g/mol. The largest absolute Gasteiger partial charge is 0.339 e. The van der Waals surface area contributed by atoms with Crippen molar-refractivity contribution in [1.82, 2.24) is 14.9 Å². The number of carbonyl (C=O) groups is 1. The number of aromatic nitrogens is 2. The number of carbonyl (C=O) groups excluding carboxylic acids is 1. The van der Waals surface area contributed by atoms with Crippen molar-refractivity contribution in [2.45, 2.75) is 20.8 Å². The average molecular weight is 342 g/mol. The Morgan fingerprint density at radius 2 is 1.96 bits per heavy atom. The van der Waals surface area contributed by atoms with Gasteiger partial charge in [0.15, 0.2) is 0 Å². The molecule has 2 aromatic carbocycles. The summed E-state index contributed by atoms with van der Waals surface area (Å²) in [6.45, 7) is 7.35. The van der Waals surface area contributed by atoms with Gasteiger partial charge in [-0.3, -0.25) is 4.79 Å². The van der Waals surface area contributed by atoms with Crippen LogP contribution in [0.1, 0.15) is 29.8 Å². The summed E-state index contributed by atoms with van der Waals surface area (Å²) in [5, 5.41) is 0.661. The van der Waals surface area contributed by atoms with Crippen LogP contribution in [-0.2, 0) is 0 Å². The number of H-pyrrole nitrogens is 1. The van der Waals surface area contributed by atoms with Crippen molar-refractivity contribution in [1.29, 1.82) is 0 Å². The van der Waals surface area contributed by atoms with Crippen molar-refractivity contribution in [3.05, 3.63) is 52.5 Å². The normalized spacial score (nSPS) is 11.0. The van der Waals surface area contributed by atoms with Gasteiger partial charge in [0.05, 0.1) is 16.1 Å². The van der Waals surface area contributed by atoms with Gasteiger partial charge in [-0.25, -0.2) is 4.98 Å². The third-order valence-electron chi connectivity index (χ3n) is 4.24. The van der Waals surface area contributed by atoms with Crippen LogP contribution in [0, 0.1) is 6.92 Å². The van der Waals surface area contributed by atoms with Crippen LogP contribution >= 0.6 is 11.6 Å². The van der Waals surface area contributed by atoms with E-state index >= 15 is 0 Å².